The number of carbonyl (C=O) groups is 1. The summed E-state index contributed by atoms with van der Waals surface area (Å²) in [6.07, 6.45) is -0.193. The fourth-order valence-corrected chi connectivity index (χ4v) is 4.47. The third-order valence-corrected chi connectivity index (χ3v) is 7.34. The first-order chi connectivity index (χ1) is 16.9. The zero-order chi connectivity index (χ0) is 26.5. The molecule has 0 unspecified atom stereocenters. The fourth-order valence-electron chi connectivity index (χ4n) is 3.71. The molecule has 2 aromatic heterocycles. The van der Waals surface area contributed by atoms with Gasteiger partial charge in [-0.1, -0.05) is 19.6 Å². The summed E-state index contributed by atoms with van der Waals surface area (Å²) >= 11 is 0. The number of nitrogens with zero attached hydrogens (tertiary/aromatic N) is 5. The Kier molecular flexibility index (Phi) is 8.71. The van der Waals surface area contributed by atoms with Gasteiger partial charge in [0.25, 0.3) is 5.56 Å². The molecule has 0 aromatic carbocycles. The molecule has 0 amide bonds. The van der Waals surface area contributed by atoms with Gasteiger partial charge in [0.2, 0.25) is 5.88 Å². The molecule has 3 heterocycles. The number of hydrogen-bond acceptors (Lipinski definition) is 9. The molecule has 0 N–H and O–H groups in total. The Labute approximate surface area is 207 Å². The highest BCUT2D eigenvalue weighted by Gasteiger charge is 2.41. The molecule has 14 heteroatoms. The molecular formula is C22H30F3N5O5Si. The Hall–Kier alpha value is -3.00. The summed E-state index contributed by atoms with van der Waals surface area (Å²) in [4.78, 5) is 33.8. The smallest absolute Gasteiger partial charge is 0.423 e. The van der Waals surface area contributed by atoms with Gasteiger partial charge in [-0.3, -0.25) is 9.78 Å². The molecule has 0 spiro atoms. The van der Waals surface area contributed by atoms with Gasteiger partial charge < -0.3 is 19.1 Å². The molecule has 1 aliphatic heterocycles. The lowest BCUT2D eigenvalue weighted by Crippen LogP contribution is -2.40. The fraction of sp³-hybridized carbons (Fsp3) is 0.591. The summed E-state index contributed by atoms with van der Waals surface area (Å²) in [6.45, 7) is 6.71. The van der Waals surface area contributed by atoms with Crippen molar-refractivity contribution in [2.75, 3.05) is 31.8 Å². The molecule has 0 radical (unpaired) electrons. The first kappa shape index (κ1) is 27.6. The predicted molar refractivity (Wildman–Crippen MR) is 127 cm³/mol. The topological polar surface area (TPSA) is 109 Å². The number of alkyl halides is 3. The normalized spacial score (nSPS) is 16.3. The summed E-state index contributed by atoms with van der Waals surface area (Å²) in [5, 5.41) is 3.96. The summed E-state index contributed by atoms with van der Waals surface area (Å²) in [6, 6.07) is 0.341. The van der Waals surface area contributed by atoms with Crippen LogP contribution in [0.4, 0.5) is 18.9 Å². The Morgan fingerprint density at radius 2 is 1.97 bits per heavy atom. The lowest BCUT2D eigenvalue weighted by molar-refractivity contribution is -0.138. The molecule has 0 saturated carbocycles. The highest BCUT2D eigenvalue weighted by atomic mass is 28.3. The third-order valence-electron chi connectivity index (χ3n) is 5.63. The minimum atomic E-state index is -4.89. The number of methoxy groups -OCH3 is 1. The van der Waals surface area contributed by atoms with Crippen molar-refractivity contribution in [2.45, 2.75) is 57.5 Å². The zero-order valence-corrected chi connectivity index (χ0v) is 21.7. The van der Waals surface area contributed by atoms with Crippen molar-refractivity contribution in [1.29, 1.82) is 0 Å². The molecule has 36 heavy (non-hydrogen) atoms. The molecule has 1 saturated heterocycles. The van der Waals surface area contributed by atoms with Gasteiger partial charge in [-0.15, -0.1) is 0 Å². The van der Waals surface area contributed by atoms with Crippen LogP contribution in [0.5, 0.6) is 5.88 Å². The van der Waals surface area contributed by atoms with Crippen molar-refractivity contribution in [3.63, 3.8) is 0 Å². The maximum Gasteiger partial charge on any atom is 0.423 e. The maximum absolute atomic E-state index is 14.0. The van der Waals surface area contributed by atoms with E-state index in [1.54, 1.807) is 0 Å². The van der Waals surface area contributed by atoms with Crippen LogP contribution in [0.15, 0.2) is 23.4 Å². The number of ether oxygens (including phenoxy) is 3. The van der Waals surface area contributed by atoms with Gasteiger partial charge in [0.1, 0.15) is 18.9 Å². The van der Waals surface area contributed by atoms with Crippen LogP contribution >= 0.6 is 0 Å². The minimum Gasteiger partial charge on any atom is -0.474 e. The average Bonchev–Trinajstić information content (AvgIpc) is 3.27. The van der Waals surface area contributed by atoms with Crippen LogP contribution < -0.4 is 15.2 Å². The number of rotatable bonds is 10. The molecule has 1 fully saturated rings. The number of aromatic nitrogens is 4. The van der Waals surface area contributed by atoms with E-state index in [4.69, 9.17) is 9.47 Å². The quantitative estimate of drug-likeness (QED) is 0.260. The van der Waals surface area contributed by atoms with Crippen molar-refractivity contribution < 1.29 is 32.2 Å². The molecule has 0 aliphatic carbocycles. The molecular weight excluding hydrogens is 499 g/mol. The maximum atomic E-state index is 14.0. The van der Waals surface area contributed by atoms with Crippen LogP contribution in [0.25, 0.3) is 0 Å². The third kappa shape index (κ3) is 7.03. The van der Waals surface area contributed by atoms with E-state index in [0.29, 0.717) is 30.7 Å². The first-order valence-corrected chi connectivity index (χ1v) is 15.2. The predicted octanol–water partition coefficient (Wildman–Crippen LogP) is 3.20. The Balaban J connectivity index is 1.78. The highest BCUT2D eigenvalue weighted by Crippen LogP contribution is 2.36. The summed E-state index contributed by atoms with van der Waals surface area (Å²) in [5.41, 5.74) is -2.90. The summed E-state index contributed by atoms with van der Waals surface area (Å²) < 4.78 is 58.4. The van der Waals surface area contributed by atoms with E-state index in [-0.39, 0.29) is 30.6 Å². The Bertz CT molecular complexity index is 1120. The highest BCUT2D eigenvalue weighted by molar-refractivity contribution is 6.76. The number of carbonyl (C=O) groups excluding carboxylic acids is 1. The SMILES string of the molecule is COC(=O)c1cncc(OC[C@@H]2CCCN2c2cnn(COCC[Si](C)(C)C)c(=O)c2C(F)(F)F)n1. The van der Waals surface area contributed by atoms with Crippen molar-refractivity contribution in [2.24, 2.45) is 0 Å². The molecule has 0 bridgehead atoms. The van der Waals surface area contributed by atoms with E-state index in [1.807, 2.05) is 0 Å². The van der Waals surface area contributed by atoms with Crippen LogP contribution in [0, 0.1) is 0 Å². The van der Waals surface area contributed by atoms with Gasteiger partial charge in [-0.2, -0.15) is 18.3 Å². The Morgan fingerprint density at radius 3 is 2.64 bits per heavy atom. The second kappa shape index (κ2) is 11.4. The van der Waals surface area contributed by atoms with E-state index in [0.717, 1.165) is 12.2 Å². The van der Waals surface area contributed by atoms with Gasteiger partial charge in [0.05, 0.1) is 37.4 Å². The summed E-state index contributed by atoms with van der Waals surface area (Å²) in [7, 11) is -0.188. The van der Waals surface area contributed by atoms with Crippen molar-refractivity contribution in [3.8, 4) is 5.88 Å². The second-order valence-corrected chi connectivity index (χ2v) is 15.2. The van der Waals surface area contributed by atoms with Crippen LogP contribution in [0.1, 0.15) is 28.9 Å². The minimum absolute atomic E-state index is 0.0283. The molecule has 1 atom stereocenters. The number of halogens is 3. The summed E-state index contributed by atoms with van der Waals surface area (Å²) in [5.74, 6) is -0.661. The van der Waals surface area contributed by atoms with Crippen molar-refractivity contribution >= 4 is 19.7 Å². The molecule has 3 rings (SSSR count). The molecule has 10 nitrogen and oxygen atoms in total. The van der Waals surface area contributed by atoms with E-state index < -0.39 is 37.4 Å². The van der Waals surface area contributed by atoms with Gasteiger partial charge in [0.15, 0.2) is 5.69 Å². The number of esters is 1. The second-order valence-electron chi connectivity index (χ2n) is 9.59. The van der Waals surface area contributed by atoms with Crippen LogP contribution in [0.3, 0.4) is 0 Å². The largest absolute Gasteiger partial charge is 0.474 e. The number of hydrogen-bond donors (Lipinski definition) is 0. The van der Waals surface area contributed by atoms with Crippen LogP contribution in [0.2, 0.25) is 25.7 Å². The lowest BCUT2D eigenvalue weighted by atomic mass is 10.2. The zero-order valence-electron chi connectivity index (χ0n) is 20.7. The number of anilines is 1. The lowest BCUT2D eigenvalue weighted by Gasteiger charge is -2.28. The Morgan fingerprint density at radius 1 is 1.22 bits per heavy atom. The van der Waals surface area contributed by atoms with E-state index in [9.17, 15) is 22.8 Å². The van der Waals surface area contributed by atoms with E-state index >= 15 is 0 Å². The molecule has 198 valence electrons. The van der Waals surface area contributed by atoms with Crippen molar-refractivity contribution in [1.82, 2.24) is 19.7 Å². The monoisotopic (exact) mass is 529 g/mol. The average molecular weight is 530 g/mol. The first-order valence-electron chi connectivity index (χ1n) is 11.5. The van der Waals surface area contributed by atoms with Crippen LogP contribution in [-0.2, 0) is 22.4 Å². The molecule has 2 aromatic rings. The van der Waals surface area contributed by atoms with Crippen LogP contribution in [-0.4, -0.2) is 66.7 Å². The van der Waals surface area contributed by atoms with Gasteiger partial charge in [0, 0.05) is 21.2 Å². The van der Waals surface area contributed by atoms with Crippen molar-refractivity contribution in [3.05, 3.63) is 40.2 Å². The molecule has 1 aliphatic rings. The van der Waals surface area contributed by atoms with E-state index in [2.05, 4.69) is 39.4 Å². The van der Waals surface area contributed by atoms with Gasteiger partial charge in [-0.05, 0) is 18.9 Å². The van der Waals surface area contributed by atoms with Gasteiger partial charge >= 0.3 is 12.1 Å². The standard InChI is InChI=1S/C22H30F3N5O5Si/c1-33-21(32)16-10-26-12-18(28-16)35-13-15-6-5-7-29(15)17-11-27-30(14-34-8-9-36(2,3)4)20(31)19(17)22(23,24)25/h10-12,15H,5-9,13-14H2,1-4H3/t15-/m0/s1. The van der Waals surface area contributed by atoms with E-state index in [1.165, 1.54) is 24.4 Å². The van der Waals surface area contributed by atoms with Gasteiger partial charge in [-0.25, -0.2) is 14.5 Å².